The zero-order valence-electron chi connectivity index (χ0n) is 24.7. The minimum atomic E-state index is -0.145. The monoisotopic (exact) mass is 594 g/mol. The molecule has 6 heteroatoms. The number of hydrogen-bond donors (Lipinski definition) is 1. The molecule has 0 bridgehead atoms. The lowest BCUT2D eigenvalue weighted by Gasteiger charge is -2.62. The molecular formula is C32H55BrN2O3. The van der Waals surface area contributed by atoms with Gasteiger partial charge in [0.25, 0.3) is 0 Å². The van der Waals surface area contributed by atoms with Gasteiger partial charge in [0.2, 0.25) is 0 Å². The number of hydrogen-bond acceptors (Lipinski definition) is 4. The number of likely N-dealkylation sites (tertiary alicyclic amines) is 2. The second-order valence-corrected chi connectivity index (χ2v) is 15.2. The molecule has 0 amide bonds. The Hall–Kier alpha value is -0.170. The molecule has 3 unspecified atom stereocenters. The van der Waals surface area contributed by atoms with E-state index in [-0.39, 0.29) is 40.6 Å². The zero-order valence-corrected chi connectivity index (χ0v) is 26.3. The van der Waals surface area contributed by atoms with Crippen molar-refractivity contribution in [3.63, 3.8) is 0 Å². The number of halogens is 1. The lowest BCUT2D eigenvalue weighted by molar-refractivity contribution is -0.940. The van der Waals surface area contributed by atoms with Crippen molar-refractivity contribution in [2.24, 2.45) is 34.5 Å². The van der Waals surface area contributed by atoms with Crippen molar-refractivity contribution in [2.75, 3.05) is 33.2 Å². The molecular weight excluding hydrogens is 540 g/mol. The number of quaternary nitrogens is 1. The fourth-order valence-corrected chi connectivity index (χ4v) is 11.4. The maximum atomic E-state index is 12.1. The van der Waals surface area contributed by atoms with Crippen molar-refractivity contribution in [3.05, 3.63) is 0 Å². The Morgan fingerprint density at radius 3 is 2.29 bits per heavy atom. The molecule has 5 nitrogen and oxygen atoms in total. The molecule has 2 aliphatic heterocycles. The number of carbonyl (C=O) groups excluding carboxylic acids is 1. The molecule has 6 aliphatic rings. The predicted octanol–water partition coefficient (Wildman–Crippen LogP) is 2.40. The number of rotatable bonds is 3. The van der Waals surface area contributed by atoms with Gasteiger partial charge < -0.3 is 31.3 Å². The first kappa shape index (κ1) is 29.3. The molecule has 4 saturated carbocycles. The minimum absolute atomic E-state index is 0. The van der Waals surface area contributed by atoms with Crippen LogP contribution >= 0.6 is 0 Å². The summed E-state index contributed by atoms with van der Waals surface area (Å²) in [6, 6.07) is 0.817. The first-order valence-corrected chi connectivity index (χ1v) is 16.1. The summed E-state index contributed by atoms with van der Waals surface area (Å²) in [6.45, 7) is 11.6. The van der Waals surface area contributed by atoms with Crippen LogP contribution in [0.1, 0.15) is 104 Å². The molecule has 0 aromatic carbocycles. The fourth-order valence-electron chi connectivity index (χ4n) is 11.4. The van der Waals surface area contributed by atoms with Crippen LogP contribution in [0.5, 0.6) is 0 Å². The highest BCUT2D eigenvalue weighted by Crippen LogP contribution is 2.67. The number of fused-ring (bicyclic) bond motifs is 5. The minimum Gasteiger partial charge on any atom is -1.00 e. The van der Waals surface area contributed by atoms with Crippen molar-refractivity contribution in [1.82, 2.24) is 4.90 Å². The summed E-state index contributed by atoms with van der Waals surface area (Å²) in [7, 11) is 2.46. The van der Waals surface area contributed by atoms with Gasteiger partial charge in [-0.15, -0.1) is 0 Å². The van der Waals surface area contributed by atoms with Crippen LogP contribution in [0.25, 0.3) is 0 Å². The summed E-state index contributed by atoms with van der Waals surface area (Å²) >= 11 is 0. The van der Waals surface area contributed by atoms with Gasteiger partial charge in [-0.05, 0) is 113 Å². The largest absolute Gasteiger partial charge is 1.00 e. The standard InChI is InChI=1S/C32H55N2O3.BrH/c1-22(35)37-29-19-23-11-12-24-25(32(23,3)21-27(29)33-15-7-5-8-16-33)13-14-31(2)26(24)20-28(30(31)36)34(4)17-9-6-10-18-34;/h23-30,36H,5-21H2,1-4H3;1H/q+1;/p-1/t23-,24?,25?,26?,27-,28-,29-,30+,31-,32-;/m0./s1. The van der Waals surface area contributed by atoms with Gasteiger partial charge in [-0.2, -0.15) is 0 Å². The highest BCUT2D eigenvalue weighted by molar-refractivity contribution is 5.66. The van der Waals surface area contributed by atoms with Gasteiger partial charge in [-0.1, -0.05) is 20.3 Å². The maximum Gasteiger partial charge on any atom is 0.302 e. The molecule has 1 N–H and O–H groups in total. The Balaban J connectivity index is 0.00000294. The van der Waals surface area contributed by atoms with E-state index in [1.807, 2.05) is 0 Å². The summed E-state index contributed by atoms with van der Waals surface area (Å²) < 4.78 is 7.18. The average Bonchev–Trinajstić information content (AvgIpc) is 3.16. The lowest BCUT2D eigenvalue weighted by Crippen LogP contribution is -3.00. The molecule has 6 rings (SSSR count). The Morgan fingerprint density at radius 1 is 0.921 bits per heavy atom. The summed E-state index contributed by atoms with van der Waals surface area (Å²) in [4.78, 5) is 14.8. The van der Waals surface area contributed by atoms with Gasteiger partial charge in [0.1, 0.15) is 18.2 Å². The second kappa shape index (κ2) is 10.9. The quantitative estimate of drug-likeness (QED) is 0.403. The summed E-state index contributed by atoms with van der Waals surface area (Å²) in [5.74, 6) is 2.74. The van der Waals surface area contributed by atoms with Crippen LogP contribution in [-0.4, -0.2) is 78.0 Å². The SMILES string of the molecule is CC(=O)O[C@H]1C[C@@H]2CCC3C4C[C@H]([N+]5(C)CCCCC5)[C@@H](O)[C@@]4(C)CCC3[C@@]2(C)C[C@@H]1N1CCCCC1.[Br-]. The number of aliphatic hydroxyl groups excluding tert-OH is 1. The van der Waals surface area contributed by atoms with Crippen LogP contribution in [0.3, 0.4) is 0 Å². The lowest BCUT2D eigenvalue weighted by atomic mass is 9.44. The predicted molar refractivity (Wildman–Crippen MR) is 147 cm³/mol. The highest BCUT2D eigenvalue weighted by Gasteiger charge is 2.66. The highest BCUT2D eigenvalue weighted by atomic mass is 79.9. The van der Waals surface area contributed by atoms with Gasteiger partial charge in [-0.25, -0.2) is 0 Å². The van der Waals surface area contributed by atoms with Crippen molar-refractivity contribution in [2.45, 2.75) is 129 Å². The van der Waals surface area contributed by atoms with Crippen LogP contribution in [0.4, 0.5) is 0 Å². The van der Waals surface area contributed by atoms with Crippen molar-refractivity contribution < 1.29 is 36.1 Å². The zero-order chi connectivity index (χ0) is 26.0. The number of esters is 1. The van der Waals surface area contributed by atoms with Gasteiger partial charge in [0.15, 0.2) is 0 Å². The Labute approximate surface area is 242 Å². The van der Waals surface area contributed by atoms with E-state index in [0.29, 0.717) is 29.3 Å². The van der Waals surface area contributed by atoms with Crippen molar-refractivity contribution in [1.29, 1.82) is 0 Å². The van der Waals surface area contributed by atoms with Gasteiger partial charge in [-0.3, -0.25) is 9.69 Å². The van der Waals surface area contributed by atoms with E-state index in [4.69, 9.17) is 4.74 Å². The number of likely N-dealkylation sites (N-methyl/N-ethyl adjacent to an activating group) is 1. The smallest absolute Gasteiger partial charge is 0.302 e. The molecule has 218 valence electrons. The summed E-state index contributed by atoms with van der Waals surface area (Å²) in [6.07, 6.45) is 16.4. The third-order valence-electron chi connectivity index (χ3n) is 13.4. The van der Waals surface area contributed by atoms with Crippen LogP contribution < -0.4 is 17.0 Å². The second-order valence-electron chi connectivity index (χ2n) is 15.2. The molecule has 2 saturated heterocycles. The molecule has 4 aliphatic carbocycles. The Kier molecular flexibility index (Phi) is 8.42. The van der Waals surface area contributed by atoms with E-state index < -0.39 is 0 Å². The third kappa shape index (κ3) is 4.73. The van der Waals surface area contributed by atoms with Crippen LogP contribution in [0, 0.1) is 34.5 Å². The first-order chi connectivity index (χ1) is 17.7. The van der Waals surface area contributed by atoms with Crippen LogP contribution in [0.15, 0.2) is 0 Å². The molecule has 0 radical (unpaired) electrons. The van der Waals surface area contributed by atoms with E-state index in [9.17, 15) is 9.90 Å². The number of carbonyl (C=O) groups is 1. The van der Waals surface area contributed by atoms with E-state index in [1.54, 1.807) is 6.92 Å². The molecule has 38 heavy (non-hydrogen) atoms. The fraction of sp³-hybridized carbons (Fsp3) is 0.969. The Bertz CT molecular complexity index is 858. The van der Waals surface area contributed by atoms with Crippen molar-refractivity contribution >= 4 is 5.97 Å². The van der Waals surface area contributed by atoms with E-state index in [2.05, 4.69) is 25.8 Å². The summed E-state index contributed by atoms with van der Waals surface area (Å²) in [5.41, 5.74) is 0.421. The van der Waals surface area contributed by atoms with Gasteiger partial charge >= 0.3 is 5.97 Å². The van der Waals surface area contributed by atoms with E-state index in [1.165, 1.54) is 103 Å². The van der Waals surface area contributed by atoms with Crippen LogP contribution in [0.2, 0.25) is 0 Å². The summed E-state index contributed by atoms with van der Waals surface area (Å²) in [5, 5.41) is 11.9. The van der Waals surface area contributed by atoms with Crippen molar-refractivity contribution in [3.8, 4) is 0 Å². The normalized spacial score (nSPS) is 48.7. The van der Waals surface area contributed by atoms with Crippen LogP contribution in [-0.2, 0) is 9.53 Å². The number of ether oxygens (including phenoxy) is 1. The number of piperidine rings is 2. The first-order valence-electron chi connectivity index (χ1n) is 16.1. The Morgan fingerprint density at radius 2 is 1.61 bits per heavy atom. The molecule has 6 fully saturated rings. The molecule has 10 atom stereocenters. The van der Waals surface area contributed by atoms with Gasteiger partial charge in [0, 0.05) is 24.8 Å². The molecule has 0 spiro atoms. The molecule has 0 aromatic heterocycles. The maximum absolute atomic E-state index is 12.1. The number of aliphatic hydroxyl groups is 1. The third-order valence-corrected chi connectivity index (χ3v) is 13.4. The van der Waals surface area contributed by atoms with E-state index in [0.717, 1.165) is 22.7 Å². The topological polar surface area (TPSA) is 49.8 Å². The number of nitrogens with zero attached hydrogens (tertiary/aromatic N) is 2. The molecule has 0 aromatic rings. The van der Waals surface area contributed by atoms with E-state index >= 15 is 0 Å². The average molecular weight is 596 g/mol. The molecule has 2 heterocycles. The van der Waals surface area contributed by atoms with Gasteiger partial charge in [0.05, 0.1) is 20.1 Å².